The summed E-state index contributed by atoms with van der Waals surface area (Å²) < 4.78 is 0. The van der Waals surface area contributed by atoms with E-state index in [1.54, 1.807) is 6.07 Å². The van der Waals surface area contributed by atoms with Crippen LogP contribution in [0.3, 0.4) is 0 Å². The van der Waals surface area contributed by atoms with Crippen LogP contribution in [0.5, 0.6) is 0 Å². The van der Waals surface area contributed by atoms with Crippen molar-refractivity contribution < 1.29 is 4.79 Å². The maximum atomic E-state index is 11.3. The molecule has 2 atom stereocenters. The van der Waals surface area contributed by atoms with Crippen LogP contribution in [0.2, 0.25) is 0 Å². The van der Waals surface area contributed by atoms with Crippen LogP contribution in [0.25, 0.3) is 0 Å². The summed E-state index contributed by atoms with van der Waals surface area (Å²) in [5, 5.41) is 0. The number of piperidine rings is 1. The van der Waals surface area contributed by atoms with Crippen molar-refractivity contribution in [2.24, 2.45) is 5.73 Å². The second-order valence-corrected chi connectivity index (χ2v) is 5.17. The second-order valence-electron chi connectivity index (χ2n) is 5.17. The van der Waals surface area contributed by atoms with E-state index < -0.39 is 5.91 Å². The van der Waals surface area contributed by atoms with Crippen molar-refractivity contribution in [1.29, 1.82) is 0 Å². The minimum atomic E-state index is -0.466. The number of nitrogen functional groups attached to an aromatic ring is 1. The van der Waals surface area contributed by atoms with Crippen LogP contribution in [0, 0.1) is 0 Å². The summed E-state index contributed by atoms with van der Waals surface area (Å²) in [6.07, 6.45) is 3.62. The Morgan fingerprint density at radius 1 is 1.28 bits per heavy atom. The van der Waals surface area contributed by atoms with Crippen LogP contribution < -0.4 is 16.4 Å². The second kappa shape index (κ2) is 4.88. The number of benzene rings is 1. The first-order valence-corrected chi connectivity index (χ1v) is 6.48. The highest BCUT2D eigenvalue weighted by molar-refractivity contribution is 5.99. The highest BCUT2D eigenvalue weighted by Crippen LogP contribution is 2.30. The first-order chi connectivity index (χ1) is 8.50. The Kier molecular flexibility index (Phi) is 3.45. The van der Waals surface area contributed by atoms with Crippen LogP contribution in [-0.4, -0.2) is 18.0 Å². The first-order valence-electron chi connectivity index (χ1n) is 6.48. The number of anilines is 2. The van der Waals surface area contributed by atoms with Crippen molar-refractivity contribution >= 4 is 17.3 Å². The molecule has 4 heteroatoms. The smallest absolute Gasteiger partial charge is 0.250 e. The average Bonchev–Trinajstić information content (AvgIpc) is 2.30. The van der Waals surface area contributed by atoms with E-state index in [2.05, 4.69) is 18.7 Å². The standard InChI is InChI=1S/C14H21N3O/c1-9-4-3-5-10(2)17(9)11-6-7-13(15)12(8-11)14(16)18/h6-10H,3-5,15H2,1-2H3,(H2,16,18)/t9-,10+. The fourth-order valence-electron chi connectivity index (χ4n) is 2.85. The van der Waals surface area contributed by atoms with E-state index in [1.807, 2.05) is 12.1 Å². The zero-order valence-electron chi connectivity index (χ0n) is 11.0. The fraction of sp³-hybridized carbons (Fsp3) is 0.500. The number of amides is 1. The average molecular weight is 247 g/mol. The molecule has 1 heterocycles. The van der Waals surface area contributed by atoms with Crippen molar-refractivity contribution in [1.82, 2.24) is 0 Å². The van der Waals surface area contributed by atoms with E-state index in [0.29, 0.717) is 23.3 Å². The molecule has 4 N–H and O–H groups in total. The molecule has 0 aliphatic carbocycles. The normalized spacial score (nSPS) is 24.0. The van der Waals surface area contributed by atoms with Crippen LogP contribution in [0.15, 0.2) is 18.2 Å². The lowest BCUT2D eigenvalue weighted by Gasteiger charge is -2.41. The number of carbonyl (C=O) groups is 1. The van der Waals surface area contributed by atoms with Gasteiger partial charge >= 0.3 is 0 Å². The highest BCUT2D eigenvalue weighted by Gasteiger charge is 2.25. The maximum Gasteiger partial charge on any atom is 0.250 e. The van der Waals surface area contributed by atoms with Crippen LogP contribution in [0.1, 0.15) is 43.5 Å². The molecule has 1 aromatic rings. The Hall–Kier alpha value is -1.71. The van der Waals surface area contributed by atoms with Gasteiger partial charge in [-0.2, -0.15) is 0 Å². The van der Waals surface area contributed by atoms with E-state index in [9.17, 15) is 4.79 Å². The number of hydrogen-bond donors (Lipinski definition) is 2. The van der Waals surface area contributed by atoms with Crippen LogP contribution in [-0.2, 0) is 0 Å². The number of rotatable bonds is 2. The van der Waals surface area contributed by atoms with Gasteiger partial charge < -0.3 is 16.4 Å². The largest absolute Gasteiger partial charge is 0.398 e. The molecule has 1 fully saturated rings. The fourth-order valence-corrected chi connectivity index (χ4v) is 2.85. The molecule has 0 aromatic heterocycles. The van der Waals surface area contributed by atoms with Crippen molar-refractivity contribution in [3.63, 3.8) is 0 Å². The van der Waals surface area contributed by atoms with E-state index >= 15 is 0 Å². The SMILES string of the molecule is C[C@@H]1CCC[C@H](C)N1c1ccc(N)c(C(N)=O)c1. The van der Waals surface area contributed by atoms with Gasteiger partial charge in [0.05, 0.1) is 5.56 Å². The molecule has 18 heavy (non-hydrogen) atoms. The maximum absolute atomic E-state index is 11.3. The summed E-state index contributed by atoms with van der Waals surface area (Å²) in [6.45, 7) is 4.44. The quantitative estimate of drug-likeness (QED) is 0.786. The predicted molar refractivity (Wildman–Crippen MR) is 74.6 cm³/mol. The summed E-state index contributed by atoms with van der Waals surface area (Å²) in [7, 11) is 0. The van der Waals surface area contributed by atoms with Gasteiger partial charge in [-0.25, -0.2) is 0 Å². The Balaban J connectivity index is 2.38. The molecule has 1 amide bonds. The Morgan fingerprint density at radius 3 is 2.44 bits per heavy atom. The monoisotopic (exact) mass is 247 g/mol. The zero-order chi connectivity index (χ0) is 13.3. The van der Waals surface area contributed by atoms with Crippen LogP contribution in [0.4, 0.5) is 11.4 Å². The number of nitrogens with two attached hydrogens (primary N) is 2. The van der Waals surface area contributed by atoms with Gasteiger partial charge in [0.25, 0.3) is 5.91 Å². The minimum Gasteiger partial charge on any atom is -0.398 e. The topological polar surface area (TPSA) is 72.3 Å². The van der Waals surface area contributed by atoms with Gasteiger partial charge in [0, 0.05) is 23.5 Å². The number of hydrogen-bond acceptors (Lipinski definition) is 3. The molecule has 0 spiro atoms. The molecular formula is C14H21N3O. The molecule has 0 bridgehead atoms. The van der Waals surface area contributed by atoms with E-state index in [-0.39, 0.29) is 0 Å². The molecular weight excluding hydrogens is 226 g/mol. The summed E-state index contributed by atoms with van der Waals surface area (Å²) in [5.74, 6) is -0.466. The number of nitrogens with zero attached hydrogens (tertiary/aromatic N) is 1. The van der Waals surface area contributed by atoms with Gasteiger partial charge in [-0.1, -0.05) is 0 Å². The van der Waals surface area contributed by atoms with Crippen molar-refractivity contribution in [2.45, 2.75) is 45.2 Å². The Labute approximate surface area is 108 Å². The summed E-state index contributed by atoms with van der Waals surface area (Å²) in [6, 6.07) is 6.52. The Morgan fingerprint density at radius 2 is 1.89 bits per heavy atom. The molecule has 4 nitrogen and oxygen atoms in total. The minimum absolute atomic E-state index is 0.414. The molecule has 1 aromatic carbocycles. The predicted octanol–water partition coefficient (Wildman–Crippen LogP) is 2.14. The van der Waals surface area contributed by atoms with Gasteiger partial charge in [-0.3, -0.25) is 4.79 Å². The lowest BCUT2D eigenvalue weighted by Crippen LogP contribution is -2.43. The van der Waals surface area contributed by atoms with Gasteiger partial charge in [0.2, 0.25) is 0 Å². The molecule has 0 saturated carbocycles. The lowest BCUT2D eigenvalue weighted by molar-refractivity contribution is 0.100. The molecule has 0 unspecified atom stereocenters. The van der Waals surface area contributed by atoms with E-state index in [4.69, 9.17) is 11.5 Å². The van der Waals surface area contributed by atoms with E-state index in [1.165, 1.54) is 19.3 Å². The highest BCUT2D eigenvalue weighted by atomic mass is 16.1. The third-order valence-electron chi connectivity index (χ3n) is 3.79. The van der Waals surface area contributed by atoms with Gasteiger partial charge in [-0.15, -0.1) is 0 Å². The molecule has 1 saturated heterocycles. The third-order valence-corrected chi connectivity index (χ3v) is 3.79. The third kappa shape index (κ3) is 2.28. The zero-order valence-corrected chi connectivity index (χ0v) is 11.0. The lowest BCUT2D eigenvalue weighted by atomic mass is 9.96. The van der Waals surface area contributed by atoms with Crippen molar-refractivity contribution in [3.05, 3.63) is 23.8 Å². The van der Waals surface area contributed by atoms with Gasteiger partial charge in [0.1, 0.15) is 0 Å². The number of primary amides is 1. The van der Waals surface area contributed by atoms with Gasteiger partial charge in [0.15, 0.2) is 0 Å². The summed E-state index contributed by atoms with van der Waals surface area (Å²) in [5.41, 5.74) is 13.0. The van der Waals surface area contributed by atoms with Crippen molar-refractivity contribution in [3.8, 4) is 0 Å². The number of carbonyl (C=O) groups excluding carboxylic acids is 1. The molecule has 98 valence electrons. The Bertz CT molecular complexity index is 448. The molecule has 1 aliphatic heterocycles. The molecule has 2 rings (SSSR count). The summed E-state index contributed by atoms with van der Waals surface area (Å²) in [4.78, 5) is 13.7. The van der Waals surface area contributed by atoms with Gasteiger partial charge in [-0.05, 0) is 51.3 Å². The molecule has 0 radical (unpaired) electrons. The molecule has 1 aliphatic rings. The van der Waals surface area contributed by atoms with Crippen molar-refractivity contribution in [2.75, 3.05) is 10.6 Å². The summed E-state index contributed by atoms with van der Waals surface area (Å²) >= 11 is 0. The van der Waals surface area contributed by atoms with E-state index in [0.717, 1.165) is 5.69 Å². The van der Waals surface area contributed by atoms with Crippen LogP contribution >= 0.6 is 0 Å². The first kappa shape index (κ1) is 12.7.